The van der Waals surface area contributed by atoms with Crippen molar-refractivity contribution in [2.45, 2.75) is 20.3 Å². The van der Waals surface area contributed by atoms with Crippen LogP contribution in [0, 0.1) is 13.8 Å². The number of pyridine rings is 1. The molecule has 0 aliphatic rings. The molecule has 0 saturated heterocycles. The number of hydrogen-bond acceptors (Lipinski definition) is 5. The summed E-state index contributed by atoms with van der Waals surface area (Å²) in [5, 5.41) is 5.76. The zero-order valence-corrected chi connectivity index (χ0v) is 12.3. The van der Waals surface area contributed by atoms with Crippen LogP contribution in [0.4, 0.5) is 5.95 Å². The van der Waals surface area contributed by atoms with E-state index in [-0.39, 0.29) is 12.5 Å². The van der Waals surface area contributed by atoms with E-state index >= 15 is 0 Å². The summed E-state index contributed by atoms with van der Waals surface area (Å²) in [6.45, 7) is 4.51. The van der Waals surface area contributed by atoms with Gasteiger partial charge in [0.1, 0.15) is 0 Å². The van der Waals surface area contributed by atoms with E-state index in [0.717, 1.165) is 17.1 Å². The minimum atomic E-state index is -0.0892. The smallest absolute Gasteiger partial charge is 0.239 e. The molecule has 0 aromatic carbocycles. The van der Waals surface area contributed by atoms with Gasteiger partial charge in [0.05, 0.1) is 6.54 Å². The highest BCUT2D eigenvalue weighted by molar-refractivity contribution is 5.80. The van der Waals surface area contributed by atoms with E-state index in [2.05, 4.69) is 25.6 Å². The van der Waals surface area contributed by atoms with Gasteiger partial charge in [0.25, 0.3) is 0 Å². The minimum absolute atomic E-state index is 0.0892. The first-order valence-corrected chi connectivity index (χ1v) is 6.86. The standard InChI is InChI=1S/C15H19N5O/c1-11-9-12(2)20-15(19-11)18-10-14(21)17-8-6-13-5-3-4-7-16-13/h3-5,7,9H,6,8,10H2,1-2H3,(H,17,21)(H,18,19,20). The molecule has 0 fully saturated rings. The van der Waals surface area contributed by atoms with E-state index in [9.17, 15) is 4.79 Å². The highest BCUT2D eigenvalue weighted by atomic mass is 16.1. The molecule has 0 atom stereocenters. The number of amides is 1. The summed E-state index contributed by atoms with van der Waals surface area (Å²) in [5.41, 5.74) is 2.71. The molecule has 110 valence electrons. The van der Waals surface area contributed by atoms with Gasteiger partial charge >= 0.3 is 0 Å². The number of carbonyl (C=O) groups is 1. The number of aryl methyl sites for hydroxylation is 2. The third-order valence-electron chi connectivity index (χ3n) is 2.82. The minimum Gasteiger partial charge on any atom is -0.354 e. The lowest BCUT2D eigenvalue weighted by molar-refractivity contribution is -0.119. The monoisotopic (exact) mass is 285 g/mol. The lowest BCUT2D eigenvalue weighted by atomic mass is 10.3. The molecule has 0 spiro atoms. The summed E-state index contributed by atoms with van der Waals surface area (Å²) in [6, 6.07) is 7.63. The number of carbonyl (C=O) groups excluding carboxylic acids is 1. The van der Waals surface area contributed by atoms with Gasteiger partial charge in [-0.15, -0.1) is 0 Å². The molecule has 2 N–H and O–H groups in total. The van der Waals surface area contributed by atoms with Crippen molar-refractivity contribution < 1.29 is 4.79 Å². The molecule has 2 rings (SSSR count). The van der Waals surface area contributed by atoms with E-state index in [1.165, 1.54) is 0 Å². The Kier molecular flexibility index (Phi) is 5.20. The van der Waals surface area contributed by atoms with Crippen molar-refractivity contribution in [3.63, 3.8) is 0 Å². The highest BCUT2D eigenvalue weighted by Crippen LogP contribution is 2.02. The number of rotatable bonds is 6. The van der Waals surface area contributed by atoms with E-state index in [4.69, 9.17) is 0 Å². The summed E-state index contributed by atoms with van der Waals surface area (Å²) in [5.74, 6) is 0.390. The molecule has 2 heterocycles. The van der Waals surface area contributed by atoms with Gasteiger partial charge in [0, 0.05) is 36.2 Å². The number of nitrogens with one attached hydrogen (secondary N) is 2. The molecule has 6 heteroatoms. The Labute approximate surface area is 124 Å². The second-order valence-corrected chi connectivity index (χ2v) is 4.75. The van der Waals surface area contributed by atoms with Crippen LogP contribution in [0.2, 0.25) is 0 Å². The van der Waals surface area contributed by atoms with Crippen LogP contribution < -0.4 is 10.6 Å². The summed E-state index contributed by atoms with van der Waals surface area (Å²) < 4.78 is 0. The lowest BCUT2D eigenvalue weighted by Crippen LogP contribution is -2.32. The molecule has 0 radical (unpaired) electrons. The molecule has 0 saturated carbocycles. The van der Waals surface area contributed by atoms with Crippen LogP contribution in [-0.2, 0) is 11.2 Å². The summed E-state index contributed by atoms with van der Waals surface area (Å²) in [7, 11) is 0. The zero-order chi connectivity index (χ0) is 15.1. The first kappa shape index (κ1) is 14.9. The molecule has 2 aromatic rings. The third kappa shape index (κ3) is 5.18. The Morgan fingerprint density at radius 3 is 2.62 bits per heavy atom. The SMILES string of the molecule is Cc1cc(C)nc(NCC(=O)NCCc2ccccn2)n1. The maximum absolute atomic E-state index is 11.7. The Hall–Kier alpha value is -2.50. The number of hydrogen-bond donors (Lipinski definition) is 2. The van der Waals surface area contributed by atoms with Gasteiger partial charge in [-0.25, -0.2) is 9.97 Å². The van der Waals surface area contributed by atoms with E-state index in [0.29, 0.717) is 18.9 Å². The molecule has 0 bridgehead atoms. The van der Waals surface area contributed by atoms with Gasteiger partial charge in [-0.1, -0.05) is 6.07 Å². The Balaban J connectivity index is 1.72. The maximum atomic E-state index is 11.7. The van der Waals surface area contributed by atoms with Gasteiger partial charge in [-0.2, -0.15) is 0 Å². The van der Waals surface area contributed by atoms with Crippen LogP contribution in [0.1, 0.15) is 17.1 Å². The number of aromatic nitrogens is 3. The molecule has 6 nitrogen and oxygen atoms in total. The van der Waals surface area contributed by atoms with E-state index in [1.54, 1.807) is 6.20 Å². The van der Waals surface area contributed by atoms with E-state index in [1.807, 2.05) is 38.1 Å². The van der Waals surface area contributed by atoms with Crippen LogP contribution in [-0.4, -0.2) is 33.9 Å². The van der Waals surface area contributed by atoms with Crippen LogP contribution in [0.5, 0.6) is 0 Å². The molecule has 2 aromatic heterocycles. The second-order valence-electron chi connectivity index (χ2n) is 4.75. The van der Waals surface area contributed by atoms with Crippen LogP contribution in [0.15, 0.2) is 30.5 Å². The van der Waals surface area contributed by atoms with Crippen molar-refractivity contribution >= 4 is 11.9 Å². The van der Waals surface area contributed by atoms with Crippen molar-refractivity contribution in [1.29, 1.82) is 0 Å². The predicted octanol–water partition coefficient (Wildman–Crippen LogP) is 1.26. The zero-order valence-electron chi connectivity index (χ0n) is 12.3. The maximum Gasteiger partial charge on any atom is 0.239 e. The second kappa shape index (κ2) is 7.33. The van der Waals surface area contributed by atoms with E-state index < -0.39 is 0 Å². The Morgan fingerprint density at radius 2 is 1.95 bits per heavy atom. The van der Waals surface area contributed by atoms with Crippen LogP contribution in [0.25, 0.3) is 0 Å². The fourth-order valence-corrected chi connectivity index (χ4v) is 1.90. The van der Waals surface area contributed by atoms with Crippen molar-refractivity contribution in [3.05, 3.63) is 47.5 Å². The van der Waals surface area contributed by atoms with Gasteiger partial charge in [-0.05, 0) is 32.0 Å². The first-order chi connectivity index (χ1) is 10.1. The average Bonchev–Trinajstić information content (AvgIpc) is 2.45. The Bertz CT molecular complexity index is 580. The molecule has 0 aliphatic heterocycles. The number of nitrogens with zero attached hydrogens (tertiary/aromatic N) is 3. The lowest BCUT2D eigenvalue weighted by Gasteiger charge is -2.07. The third-order valence-corrected chi connectivity index (χ3v) is 2.82. The first-order valence-electron chi connectivity index (χ1n) is 6.86. The predicted molar refractivity (Wildman–Crippen MR) is 80.9 cm³/mol. The molecular weight excluding hydrogens is 266 g/mol. The van der Waals surface area contributed by atoms with Crippen LogP contribution in [0.3, 0.4) is 0 Å². The van der Waals surface area contributed by atoms with Gasteiger partial charge < -0.3 is 10.6 Å². The average molecular weight is 285 g/mol. The number of anilines is 1. The van der Waals surface area contributed by atoms with Crippen molar-refractivity contribution in [2.75, 3.05) is 18.4 Å². The summed E-state index contributed by atoms with van der Waals surface area (Å²) >= 11 is 0. The summed E-state index contributed by atoms with van der Waals surface area (Å²) in [6.07, 6.45) is 2.46. The van der Waals surface area contributed by atoms with Crippen LogP contribution >= 0.6 is 0 Å². The topological polar surface area (TPSA) is 79.8 Å². The fourth-order valence-electron chi connectivity index (χ4n) is 1.90. The fraction of sp³-hybridized carbons (Fsp3) is 0.333. The quantitative estimate of drug-likeness (QED) is 0.835. The van der Waals surface area contributed by atoms with Crippen molar-refractivity contribution in [2.24, 2.45) is 0 Å². The molecule has 0 unspecified atom stereocenters. The van der Waals surface area contributed by atoms with Gasteiger partial charge in [-0.3, -0.25) is 9.78 Å². The molecule has 0 aliphatic carbocycles. The normalized spacial score (nSPS) is 10.2. The Morgan fingerprint density at radius 1 is 1.19 bits per heavy atom. The summed E-state index contributed by atoms with van der Waals surface area (Å²) in [4.78, 5) is 24.4. The molecule has 1 amide bonds. The molecule has 21 heavy (non-hydrogen) atoms. The van der Waals surface area contributed by atoms with Gasteiger partial charge in [0.2, 0.25) is 11.9 Å². The largest absolute Gasteiger partial charge is 0.354 e. The molecular formula is C15H19N5O. The van der Waals surface area contributed by atoms with Crippen molar-refractivity contribution in [3.8, 4) is 0 Å². The van der Waals surface area contributed by atoms with Gasteiger partial charge in [0.15, 0.2) is 0 Å². The van der Waals surface area contributed by atoms with Crippen molar-refractivity contribution in [1.82, 2.24) is 20.3 Å². The highest BCUT2D eigenvalue weighted by Gasteiger charge is 2.03.